The Bertz CT molecular complexity index is 1210. The molecule has 0 spiro atoms. The zero-order chi connectivity index (χ0) is 18.8. The molecule has 0 radical (unpaired) electrons. The molecule has 0 unspecified atom stereocenters. The number of para-hydroxylation sites is 1. The van der Waals surface area contributed by atoms with Crippen molar-refractivity contribution in [1.82, 2.24) is 14.5 Å². The number of rotatable bonds is 3. The second-order valence-electron chi connectivity index (χ2n) is 6.54. The third-order valence-corrected chi connectivity index (χ3v) is 4.50. The van der Waals surface area contributed by atoms with E-state index in [1.165, 1.54) is 0 Å². The van der Waals surface area contributed by atoms with Gasteiger partial charge < -0.3 is 0 Å². The van der Waals surface area contributed by atoms with Crippen LogP contribution in [0.25, 0.3) is 28.7 Å². The normalized spacial score (nSPS) is 11.3. The summed E-state index contributed by atoms with van der Waals surface area (Å²) in [6, 6.07) is 17.3. The van der Waals surface area contributed by atoms with Gasteiger partial charge in [-0.25, -0.2) is 4.98 Å². The standard InChI is InChI=1S/C23H19N3O/c1-16-9-11-21(17(2)14-16)26-22(12-10-18-6-5-13-24-15-18)25-20-8-4-3-7-19(20)23(26)27/h3-15H,1-2H3/b12-10+. The van der Waals surface area contributed by atoms with Gasteiger partial charge >= 0.3 is 0 Å². The molecule has 0 atom stereocenters. The summed E-state index contributed by atoms with van der Waals surface area (Å²) in [6.07, 6.45) is 7.29. The van der Waals surface area contributed by atoms with E-state index in [1.54, 1.807) is 17.0 Å². The third kappa shape index (κ3) is 3.29. The van der Waals surface area contributed by atoms with Gasteiger partial charge in [-0.15, -0.1) is 0 Å². The Labute approximate surface area is 157 Å². The maximum absolute atomic E-state index is 13.3. The van der Waals surface area contributed by atoms with E-state index in [9.17, 15) is 4.79 Å². The number of hydrogen-bond donors (Lipinski definition) is 0. The molecule has 0 saturated heterocycles. The van der Waals surface area contributed by atoms with Crippen LogP contribution in [0.5, 0.6) is 0 Å². The first-order chi connectivity index (χ1) is 13.1. The average Bonchev–Trinajstić information content (AvgIpc) is 2.68. The largest absolute Gasteiger partial charge is 0.268 e. The van der Waals surface area contributed by atoms with Crippen LogP contribution in [-0.4, -0.2) is 14.5 Å². The quantitative estimate of drug-likeness (QED) is 0.542. The Morgan fingerprint density at radius 3 is 2.59 bits per heavy atom. The minimum absolute atomic E-state index is 0.0709. The molecule has 0 aliphatic heterocycles. The molecular weight excluding hydrogens is 334 g/mol. The molecule has 132 valence electrons. The smallest absolute Gasteiger partial charge is 0.266 e. The number of aryl methyl sites for hydroxylation is 2. The molecular formula is C23H19N3O. The van der Waals surface area contributed by atoms with Gasteiger partial charge in [0.05, 0.1) is 16.6 Å². The maximum atomic E-state index is 13.3. The van der Waals surface area contributed by atoms with Crippen molar-refractivity contribution in [2.45, 2.75) is 13.8 Å². The van der Waals surface area contributed by atoms with Crippen LogP contribution in [0, 0.1) is 13.8 Å². The minimum atomic E-state index is -0.0709. The van der Waals surface area contributed by atoms with Crippen molar-refractivity contribution in [3.8, 4) is 5.69 Å². The number of aromatic nitrogens is 3. The van der Waals surface area contributed by atoms with Crippen LogP contribution in [0.3, 0.4) is 0 Å². The van der Waals surface area contributed by atoms with E-state index in [0.717, 1.165) is 22.4 Å². The van der Waals surface area contributed by atoms with Gasteiger partial charge in [-0.3, -0.25) is 14.3 Å². The predicted molar refractivity (Wildman–Crippen MR) is 110 cm³/mol. The highest BCUT2D eigenvalue weighted by Gasteiger charge is 2.12. The third-order valence-electron chi connectivity index (χ3n) is 4.50. The monoisotopic (exact) mass is 353 g/mol. The second kappa shape index (κ2) is 7.00. The highest BCUT2D eigenvalue weighted by molar-refractivity contribution is 5.80. The first kappa shape index (κ1) is 16.9. The molecule has 2 aromatic heterocycles. The lowest BCUT2D eigenvalue weighted by molar-refractivity contribution is 0.933. The Morgan fingerprint density at radius 1 is 0.963 bits per heavy atom. The Hall–Kier alpha value is -3.53. The Kier molecular flexibility index (Phi) is 4.38. The van der Waals surface area contributed by atoms with Crippen LogP contribution >= 0.6 is 0 Å². The highest BCUT2D eigenvalue weighted by atomic mass is 16.1. The summed E-state index contributed by atoms with van der Waals surface area (Å²) in [7, 11) is 0. The van der Waals surface area contributed by atoms with Gasteiger partial charge in [-0.1, -0.05) is 35.9 Å². The summed E-state index contributed by atoms with van der Waals surface area (Å²) in [6.45, 7) is 4.06. The molecule has 4 aromatic rings. The van der Waals surface area contributed by atoms with Crippen LogP contribution in [0.2, 0.25) is 0 Å². The fraction of sp³-hybridized carbons (Fsp3) is 0.0870. The molecule has 2 heterocycles. The lowest BCUT2D eigenvalue weighted by Gasteiger charge is -2.14. The van der Waals surface area contributed by atoms with E-state index < -0.39 is 0 Å². The van der Waals surface area contributed by atoms with E-state index in [1.807, 2.05) is 74.5 Å². The molecule has 0 aliphatic rings. The summed E-state index contributed by atoms with van der Waals surface area (Å²) >= 11 is 0. The lowest BCUT2D eigenvalue weighted by Crippen LogP contribution is -2.23. The second-order valence-corrected chi connectivity index (χ2v) is 6.54. The zero-order valence-corrected chi connectivity index (χ0v) is 15.3. The topological polar surface area (TPSA) is 47.8 Å². The van der Waals surface area contributed by atoms with E-state index in [4.69, 9.17) is 4.98 Å². The van der Waals surface area contributed by atoms with E-state index in [2.05, 4.69) is 11.1 Å². The van der Waals surface area contributed by atoms with Gasteiger partial charge in [0, 0.05) is 12.4 Å². The number of pyridine rings is 1. The summed E-state index contributed by atoms with van der Waals surface area (Å²) in [5, 5.41) is 0.607. The zero-order valence-electron chi connectivity index (χ0n) is 15.3. The highest BCUT2D eigenvalue weighted by Crippen LogP contribution is 2.19. The van der Waals surface area contributed by atoms with E-state index in [0.29, 0.717) is 16.7 Å². The number of benzene rings is 2. The van der Waals surface area contributed by atoms with E-state index >= 15 is 0 Å². The Balaban J connectivity index is 1.98. The average molecular weight is 353 g/mol. The van der Waals surface area contributed by atoms with Crippen molar-refractivity contribution in [3.05, 3.63) is 99.9 Å². The van der Waals surface area contributed by atoms with Crippen LogP contribution in [0.4, 0.5) is 0 Å². The molecule has 27 heavy (non-hydrogen) atoms. The molecule has 0 fully saturated rings. The van der Waals surface area contributed by atoms with Crippen LogP contribution < -0.4 is 5.56 Å². The fourth-order valence-corrected chi connectivity index (χ4v) is 3.20. The maximum Gasteiger partial charge on any atom is 0.266 e. The Morgan fingerprint density at radius 2 is 1.81 bits per heavy atom. The molecule has 0 aliphatic carbocycles. The van der Waals surface area contributed by atoms with Gasteiger partial charge in [-0.05, 0) is 61.4 Å². The molecule has 0 saturated carbocycles. The fourth-order valence-electron chi connectivity index (χ4n) is 3.20. The van der Waals surface area contributed by atoms with Crippen LogP contribution in [0.1, 0.15) is 22.5 Å². The minimum Gasteiger partial charge on any atom is -0.268 e. The molecule has 0 N–H and O–H groups in total. The summed E-state index contributed by atoms with van der Waals surface area (Å²) in [4.78, 5) is 22.2. The van der Waals surface area contributed by atoms with Crippen molar-refractivity contribution in [1.29, 1.82) is 0 Å². The SMILES string of the molecule is Cc1ccc(-n2c(/C=C/c3cccnc3)nc3ccccc3c2=O)c(C)c1. The lowest BCUT2D eigenvalue weighted by atomic mass is 10.1. The van der Waals surface area contributed by atoms with Crippen LogP contribution in [-0.2, 0) is 0 Å². The van der Waals surface area contributed by atoms with Crippen molar-refractivity contribution < 1.29 is 0 Å². The molecule has 0 bridgehead atoms. The van der Waals surface area contributed by atoms with Crippen molar-refractivity contribution in [2.75, 3.05) is 0 Å². The van der Waals surface area contributed by atoms with Crippen molar-refractivity contribution in [3.63, 3.8) is 0 Å². The van der Waals surface area contributed by atoms with Crippen molar-refractivity contribution >= 4 is 23.1 Å². The van der Waals surface area contributed by atoms with Gasteiger partial charge in [0.1, 0.15) is 5.82 Å². The number of hydrogen-bond acceptors (Lipinski definition) is 3. The van der Waals surface area contributed by atoms with Gasteiger partial charge in [-0.2, -0.15) is 0 Å². The molecule has 0 amide bonds. The molecule has 2 aromatic carbocycles. The molecule has 4 nitrogen and oxygen atoms in total. The summed E-state index contributed by atoms with van der Waals surface area (Å²) < 4.78 is 1.68. The molecule has 4 rings (SSSR count). The number of nitrogens with zero attached hydrogens (tertiary/aromatic N) is 3. The van der Waals surface area contributed by atoms with E-state index in [-0.39, 0.29) is 5.56 Å². The van der Waals surface area contributed by atoms with Gasteiger partial charge in [0.25, 0.3) is 5.56 Å². The van der Waals surface area contributed by atoms with Gasteiger partial charge in [0.15, 0.2) is 0 Å². The van der Waals surface area contributed by atoms with Crippen LogP contribution in [0.15, 0.2) is 71.8 Å². The molecule has 4 heteroatoms. The summed E-state index contributed by atoms with van der Waals surface area (Å²) in [5.41, 5.74) is 4.60. The predicted octanol–water partition coefficient (Wildman–Crippen LogP) is 4.57. The first-order valence-electron chi connectivity index (χ1n) is 8.81. The van der Waals surface area contributed by atoms with Crippen molar-refractivity contribution in [2.24, 2.45) is 0 Å². The van der Waals surface area contributed by atoms with Gasteiger partial charge in [0.2, 0.25) is 0 Å². The first-order valence-corrected chi connectivity index (χ1v) is 8.81. The number of fused-ring (bicyclic) bond motifs is 1. The summed E-state index contributed by atoms with van der Waals surface area (Å²) in [5.74, 6) is 0.592.